The van der Waals surface area contributed by atoms with E-state index in [1.165, 1.54) is 0 Å². The van der Waals surface area contributed by atoms with E-state index in [9.17, 15) is 4.57 Å². The van der Waals surface area contributed by atoms with Gasteiger partial charge < -0.3 is 9.80 Å². The molecule has 1 heterocycles. The molecule has 0 aromatic heterocycles. The Morgan fingerprint density at radius 1 is 0.950 bits per heavy atom. The second kappa shape index (κ2) is 5.66. The molecule has 7 heteroatoms. The summed E-state index contributed by atoms with van der Waals surface area (Å²) in [5.74, 6) is 0.641. The number of guanidine groups is 1. The smallest absolute Gasteiger partial charge is 0.344 e. The maximum atomic E-state index is 13.0. The molecule has 1 aliphatic rings. The van der Waals surface area contributed by atoms with Crippen molar-refractivity contribution in [3.05, 3.63) is 0 Å². The molecule has 0 aromatic rings. The quantitative estimate of drug-likeness (QED) is 0.750. The Balaban J connectivity index is 3.11. The van der Waals surface area contributed by atoms with E-state index >= 15 is 0 Å². The van der Waals surface area contributed by atoms with Gasteiger partial charge in [0.15, 0.2) is 0 Å². The molecule has 0 aromatic carbocycles. The highest BCUT2D eigenvalue weighted by atomic mass is 31.2. The maximum absolute atomic E-state index is 13.0. The van der Waals surface area contributed by atoms with E-state index in [1.807, 2.05) is 65.4 Å². The minimum atomic E-state index is -3.58. The Hall–Kier alpha value is -0.580. The fourth-order valence-corrected chi connectivity index (χ4v) is 3.83. The summed E-state index contributed by atoms with van der Waals surface area (Å²) < 4.78 is 28.6. The highest BCUT2D eigenvalue weighted by Crippen LogP contribution is 2.56. The molecule has 1 saturated heterocycles. The van der Waals surface area contributed by atoms with Crippen LogP contribution in [0.3, 0.4) is 0 Å². The van der Waals surface area contributed by atoms with Gasteiger partial charge in [-0.15, -0.1) is 4.76 Å². The summed E-state index contributed by atoms with van der Waals surface area (Å²) in [7, 11) is 0.253. The molecule has 6 nitrogen and oxygen atoms in total. The Bertz CT molecular complexity index is 392. The first-order chi connectivity index (χ1) is 8.81. The lowest BCUT2D eigenvalue weighted by molar-refractivity contribution is 0.0494. The van der Waals surface area contributed by atoms with Crippen LogP contribution < -0.4 is 0 Å². The van der Waals surface area contributed by atoms with E-state index in [4.69, 9.17) is 9.05 Å². The standard InChI is InChI=1S/C13H28N3O3P/c1-12(2,3)18-20(17,19-13(4,5)6)14-11-15(7)9-10-16(11)8/h9-10H2,1-8H3. The molecule has 1 rings (SSSR count). The van der Waals surface area contributed by atoms with Crippen LogP contribution in [-0.4, -0.2) is 54.1 Å². The molecule has 0 amide bonds. The average Bonchev–Trinajstić information content (AvgIpc) is 2.42. The molecule has 0 bridgehead atoms. The predicted molar refractivity (Wildman–Crippen MR) is 82.0 cm³/mol. The van der Waals surface area contributed by atoms with E-state index in [0.29, 0.717) is 5.96 Å². The van der Waals surface area contributed by atoms with Crippen LogP contribution in [0.1, 0.15) is 41.5 Å². The lowest BCUT2D eigenvalue weighted by Crippen LogP contribution is -2.30. The summed E-state index contributed by atoms with van der Waals surface area (Å²) in [6.07, 6.45) is 0. The van der Waals surface area contributed by atoms with Crippen LogP contribution in [0, 0.1) is 0 Å². The average molecular weight is 305 g/mol. The first-order valence-electron chi connectivity index (χ1n) is 6.85. The zero-order chi connectivity index (χ0) is 15.8. The van der Waals surface area contributed by atoms with E-state index < -0.39 is 18.9 Å². The van der Waals surface area contributed by atoms with E-state index in [1.54, 1.807) is 0 Å². The zero-order valence-electron chi connectivity index (χ0n) is 13.9. The largest absolute Gasteiger partial charge is 0.458 e. The van der Waals surface area contributed by atoms with Crippen LogP contribution in [0.25, 0.3) is 0 Å². The van der Waals surface area contributed by atoms with Crippen molar-refractivity contribution in [2.75, 3.05) is 27.2 Å². The topological polar surface area (TPSA) is 54.4 Å². The van der Waals surface area contributed by atoms with Crippen molar-refractivity contribution in [2.24, 2.45) is 4.76 Å². The fourth-order valence-electron chi connectivity index (χ4n) is 1.81. The molecule has 0 atom stereocenters. The van der Waals surface area contributed by atoms with E-state index in [-0.39, 0.29) is 0 Å². The first kappa shape index (κ1) is 17.5. The summed E-state index contributed by atoms with van der Waals surface area (Å²) >= 11 is 0. The Morgan fingerprint density at radius 3 is 1.60 bits per heavy atom. The van der Waals surface area contributed by atoms with Gasteiger partial charge in [-0.1, -0.05) is 0 Å². The fraction of sp³-hybridized carbons (Fsp3) is 0.923. The molecular formula is C13H28N3O3P. The minimum absolute atomic E-state index is 0.597. The van der Waals surface area contributed by atoms with Gasteiger partial charge in [0.25, 0.3) is 0 Å². The van der Waals surface area contributed by atoms with Crippen molar-refractivity contribution >= 4 is 13.7 Å². The normalized spacial score (nSPS) is 17.9. The van der Waals surface area contributed by atoms with Gasteiger partial charge >= 0.3 is 7.75 Å². The van der Waals surface area contributed by atoms with Gasteiger partial charge in [0, 0.05) is 27.2 Å². The Labute approximate surface area is 122 Å². The van der Waals surface area contributed by atoms with Gasteiger partial charge in [-0.25, -0.2) is 4.57 Å². The minimum Gasteiger partial charge on any atom is -0.344 e. The summed E-state index contributed by atoms with van der Waals surface area (Å²) in [6, 6.07) is 0. The van der Waals surface area contributed by atoms with Crippen LogP contribution in [0.2, 0.25) is 0 Å². The second-order valence-electron chi connectivity index (χ2n) is 7.12. The van der Waals surface area contributed by atoms with Crippen molar-refractivity contribution in [2.45, 2.75) is 52.7 Å². The molecule has 0 unspecified atom stereocenters. The number of likely N-dealkylation sites (N-methyl/N-ethyl adjacent to an activating group) is 2. The molecule has 0 spiro atoms. The van der Waals surface area contributed by atoms with E-state index in [0.717, 1.165) is 13.1 Å². The van der Waals surface area contributed by atoms with Gasteiger partial charge in [-0.2, -0.15) is 0 Å². The number of hydrogen-bond donors (Lipinski definition) is 0. The van der Waals surface area contributed by atoms with Gasteiger partial charge in [-0.05, 0) is 41.5 Å². The summed E-state index contributed by atoms with van der Waals surface area (Å²) in [6.45, 7) is 12.7. The van der Waals surface area contributed by atoms with Gasteiger partial charge in [0.2, 0.25) is 5.96 Å². The third-order valence-electron chi connectivity index (χ3n) is 2.44. The van der Waals surface area contributed by atoms with Crippen LogP contribution in [-0.2, 0) is 13.6 Å². The Morgan fingerprint density at radius 2 is 1.30 bits per heavy atom. The van der Waals surface area contributed by atoms with Gasteiger partial charge in [0.05, 0.1) is 11.2 Å². The van der Waals surface area contributed by atoms with Crippen LogP contribution in [0.15, 0.2) is 4.76 Å². The van der Waals surface area contributed by atoms with Crippen LogP contribution in [0.5, 0.6) is 0 Å². The van der Waals surface area contributed by atoms with Crippen molar-refractivity contribution in [1.29, 1.82) is 0 Å². The van der Waals surface area contributed by atoms with Crippen molar-refractivity contribution in [1.82, 2.24) is 9.80 Å². The molecule has 0 N–H and O–H groups in total. The molecule has 1 aliphatic heterocycles. The number of nitrogens with zero attached hydrogens (tertiary/aromatic N) is 3. The third-order valence-corrected chi connectivity index (χ3v) is 4.42. The number of rotatable bonds is 3. The summed E-state index contributed by atoms with van der Waals surface area (Å²) in [5.41, 5.74) is -1.19. The van der Waals surface area contributed by atoms with Gasteiger partial charge in [0.1, 0.15) is 0 Å². The SMILES string of the molecule is CN1CCN(C)C1=NP(=O)(OC(C)(C)C)OC(C)(C)C. The lowest BCUT2D eigenvalue weighted by Gasteiger charge is -2.30. The van der Waals surface area contributed by atoms with E-state index in [2.05, 4.69) is 4.76 Å². The lowest BCUT2D eigenvalue weighted by atomic mass is 10.2. The molecule has 0 saturated carbocycles. The monoisotopic (exact) mass is 305 g/mol. The first-order valence-corrected chi connectivity index (χ1v) is 8.35. The van der Waals surface area contributed by atoms with Crippen LogP contribution in [0.4, 0.5) is 0 Å². The third kappa shape index (κ3) is 5.43. The molecule has 1 fully saturated rings. The predicted octanol–water partition coefficient (Wildman–Crippen LogP) is 2.96. The van der Waals surface area contributed by atoms with Crippen molar-refractivity contribution in [3.8, 4) is 0 Å². The highest BCUT2D eigenvalue weighted by Gasteiger charge is 2.37. The van der Waals surface area contributed by atoms with Gasteiger partial charge in [-0.3, -0.25) is 9.05 Å². The molecule has 118 valence electrons. The molecule has 20 heavy (non-hydrogen) atoms. The Kier molecular flexibility index (Phi) is 4.95. The molecule has 0 aliphatic carbocycles. The molecular weight excluding hydrogens is 277 g/mol. The van der Waals surface area contributed by atoms with Crippen molar-refractivity contribution < 1.29 is 13.6 Å². The van der Waals surface area contributed by atoms with Crippen molar-refractivity contribution in [3.63, 3.8) is 0 Å². The maximum Gasteiger partial charge on any atom is 0.458 e. The zero-order valence-corrected chi connectivity index (χ0v) is 14.8. The summed E-state index contributed by atoms with van der Waals surface area (Å²) in [5, 5.41) is 0. The molecule has 0 radical (unpaired) electrons. The number of hydrogen-bond acceptors (Lipinski definition) is 3. The highest BCUT2D eigenvalue weighted by molar-refractivity contribution is 7.52. The summed E-state index contributed by atoms with van der Waals surface area (Å²) in [4.78, 5) is 3.90. The van der Waals surface area contributed by atoms with Crippen LogP contribution >= 0.6 is 7.75 Å². The second-order valence-corrected chi connectivity index (χ2v) is 8.62.